The van der Waals surface area contributed by atoms with E-state index in [0.717, 1.165) is 0 Å². The van der Waals surface area contributed by atoms with Gasteiger partial charge in [0.2, 0.25) is 5.91 Å². The molecular formula is C9H18N4O3. The van der Waals surface area contributed by atoms with Gasteiger partial charge in [0, 0.05) is 13.6 Å². The average molecular weight is 230 g/mol. The molecule has 1 rings (SSSR count). The molecule has 0 radical (unpaired) electrons. The van der Waals surface area contributed by atoms with Crippen LogP contribution in [0.1, 0.15) is 6.92 Å². The number of carbonyl (C=O) groups is 2. The molecule has 4 N–H and O–H groups in total. The Morgan fingerprint density at radius 3 is 2.81 bits per heavy atom. The summed E-state index contributed by atoms with van der Waals surface area (Å²) in [6.07, 6.45) is 0. The lowest BCUT2D eigenvalue weighted by Gasteiger charge is -2.37. The molecule has 0 aliphatic carbocycles. The number of amides is 2. The second-order valence-electron chi connectivity index (χ2n) is 3.63. The first-order valence-corrected chi connectivity index (χ1v) is 5.17. The van der Waals surface area contributed by atoms with E-state index >= 15 is 0 Å². The van der Waals surface area contributed by atoms with Crippen molar-refractivity contribution in [1.29, 1.82) is 0 Å². The third kappa shape index (κ3) is 2.69. The molecular weight excluding hydrogens is 212 g/mol. The van der Waals surface area contributed by atoms with Gasteiger partial charge in [0.1, 0.15) is 6.04 Å². The molecule has 7 nitrogen and oxygen atoms in total. The molecule has 1 saturated heterocycles. The van der Waals surface area contributed by atoms with Crippen LogP contribution in [0.25, 0.3) is 0 Å². The molecule has 2 amide bonds. The lowest BCUT2D eigenvalue weighted by molar-refractivity contribution is -0.139. The molecule has 7 heteroatoms. The van der Waals surface area contributed by atoms with E-state index in [1.165, 1.54) is 0 Å². The number of hydrogen-bond acceptors (Lipinski definition) is 5. The van der Waals surface area contributed by atoms with Crippen molar-refractivity contribution in [3.63, 3.8) is 0 Å². The number of morpholine rings is 1. The van der Waals surface area contributed by atoms with Gasteiger partial charge in [-0.05, 0) is 6.92 Å². The van der Waals surface area contributed by atoms with Crippen LogP contribution in [0.15, 0.2) is 0 Å². The molecule has 92 valence electrons. The molecule has 1 fully saturated rings. The Kier molecular flexibility index (Phi) is 4.66. The number of hydrogen-bond donors (Lipinski definition) is 3. The van der Waals surface area contributed by atoms with E-state index in [0.29, 0.717) is 19.8 Å². The van der Waals surface area contributed by atoms with Gasteiger partial charge in [-0.1, -0.05) is 0 Å². The van der Waals surface area contributed by atoms with E-state index in [1.807, 2.05) is 0 Å². The Balaban J connectivity index is 2.73. The maximum absolute atomic E-state index is 11.6. The van der Waals surface area contributed by atoms with Crippen LogP contribution in [0.2, 0.25) is 0 Å². The molecule has 0 aromatic carbocycles. The van der Waals surface area contributed by atoms with Crippen molar-refractivity contribution < 1.29 is 14.3 Å². The van der Waals surface area contributed by atoms with Gasteiger partial charge >= 0.3 is 0 Å². The number of nitrogens with two attached hydrogens (primary N) is 1. The van der Waals surface area contributed by atoms with Gasteiger partial charge < -0.3 is 10.1 Å². The summed E-state index contributed by atoms with van der Waals surface area (Å²) in [4.78, 5) is 24.8. The first-order chi connectivity index (χ1) is 7.61. The molecule has 16 heavy (non-hydrogen) atoms. The summed E-state index contributed by atoms with van der Waals surface area (Å²) in [5, 5.41) is 2.55. The fourth-order valence-electron chi connectivity index (χ4n) is 1.74. The zero-order valence-electron chi connectivity index (χ0n) is 9.53. The number of nitrogens with one attached hydrogen (secondary N) is 2. The smallest absolute Gasteiger partial charge is 0.250 e. The SMILES string of the molecule is CNC(=O)C1COCCN1C(C)C(=O)NN. The van der Waals surface area contributed by atoms with Gasteiger partial charge in [0.05, 0.1) is 19.3 Å². The molecule has 0 aromatic heterocycles. The Morgan fingerprint density at radius 1 is 1.56 bits per heavy atom. The number of ether oxygens (including phenoxy) is 1. The summed E-state index contributed by atoms with van der Waals surface area (Å²) >= 11 is 0. The third-order valence-corrected chi connectivity index (χ3v) is 2.74. The van der Waals surface area contributed by atoms with Gasteiger partial charge in [-0.25, -0.2) is 5.84 Å². The van der Waals surface area contributed by atoms with E-state index in [4.69, 9.17) is 10.6 Å². The molecule has 0 saturated carbocycles. The summed E-state index contributed by atoms with van der Waals surface area (Å²) < 4.78 is 5.23. The number of likely N-dealkylation sites (N-methyl/N-ethyl adjacent to an activating group) is 1. The van der Waals surface area contributed by atoms with Crippen molar-refractivity contribution in [1.82, 2.24) is 15.6 Å². The van der Waals surface area contributed by atoms with Crippen LogP contribution in [0.3, 0.4) is 0 Å². The molecule has 1 aliphatic heterocycles. The highest BCUT2D eigenvalue weighted by Gasteiger charge is 2.34. The van der Waals surface area contributed by atoms with Crippen molar-refractivity contribution in [3.8, 4) is 0 Å². The summed E-state index contributed by atoms with van der Waals surface area (Å²) in [6.45, 7) is 3.05. The topological polar surface area (TPSA) is 96.7 Å². The summed E-state index contributed by atoms with van der Waals surface area (Å²) in [5.74, 6) is 4.61. The molecule has 0 spiro atoms. The predicted octanol–water partition coefficient (Wildman–Crippen LogP) is -2.19. The third-order valence-electron chi connectivity index (χ3n) is 2.74. The number of nitrogens with zero attached hydrogens (tertiary/aromatic N) is 1. The van der Waals surface area contributed by atoms with E-state index < -0.39 is 12.1 Å². The molecule has 2 atom stereocenters. The van der Waals surface area contributed by atoms with Crippen LogP contribution in [0.5, 0.6) is 0 Å². The van der Waals surface area contributed by atoms with Crippen LogP contribution in [-0.4, -0.2) is 55.6 Å². The lowest BCUT2D eigenvalue weighted by atomic mass is 10.1. The highest BCUT2D eigenvalue weighted by Crippen LogP contribution is 2.11. The van der Waals surface area contributed by atoms with Crippen LogP contribution < -0.4 is 16.6 Å². The van der Waals surface area contributed by atoms with Crippen molar-refractivity contribution >= 4 is 11.8 Å². The van der Waals surface area contributed by atoms with E-state index in [1.54, 1.807) is 18.9 Å². The zero-order valence-corrected chi connectivity index (χ0v) is 9.53. The van der Waals surface area contributed by atoms with Gasteiger partial charge in [-0.2, -0.15) is 0 Å². The van der Waals surface area contributed by atoms with Crippen LogP contribution >= 0.6 is 0 Å². The average Bonchev–Trinajstić information content (AvgIpc) is 2.35. The Bertz CT molecular complexity index is 271. The second kappa shape index (κ2) is 5.78. The number of hydrazine groups is 1. The van der Waals surface area contributed by atoms with Crippen LogP contribution in [-0.2, 0) is 14.3 Å². The summed E-state index contributed by atoms with van der Waals surface area (Å²) in [5.41, 5.74) is 2.09. The van der Waals surface area contributed by atoms with Crippen molar-refractivity contribution in [3.05, 3.63) is 0 Å². The molecule has 0 bridgehead atoms. The van der Waals surface area contributed by atoms with Gasteiger partial charge in [0.15, 0.2) is 0 Å². The Labute approximate surface area is 94.3 Å². The summed E-state index contributed by atoms with van der Waals surface area (Å²) in [7, 11) is 1.56. The number of carbonyl (C=O) groups excluding carboxylic acids is 2. The Morgan fingerprint density at radius 2 is 2.25 bits per heavy atom. The number of rotatable bonds is 3. The van der Waals surface area contributed by atoms with Crippen molar-refractivity contribution in [2.45, 2.75) is 19.0 Å². The first kappa shape index (κ1) is 12.9. The van der Waals surface area contributed by atoms with E-state index in [9.17, 15) is 9.59 Å². The van der Waals surface area contributed by atoms with Gasteiger partial charge in [0.25, 0.3) is 5.91 Å². The van der Waals surface area contributed by atoms with Crippen LogP contribution in [0.4, 0.5) is 0 Å². The standard InChI is InChI=1S/C9H18N4O3/c1-6(8(14)12-10)13-3-4-16-5-7(13)9(15)11-2/h6-7H,3-5,10H2,1-2H3,(H,11,15)(H,12,14). The Hall–Kier alpha value is -1.18. The van der Waals surface area contributed by atoms with E-state index in [2.05, 4.69) is 10.7 Å². The van der Waals surface area contributed by atoms with E-state index in [-0.39, 0.29) is 11.8 Å². The minimum absolute atomic E-state index is 0.156. The largest absolute Gasteiger partial charge is 0.378 e. The lowest BCUT2D eigenvalue weighted by Crippen LogP contribution is -2.60. The monoisotopic (exact) mass is 230 g/mol. The van der Waals surface area contributed by atoms with Crippen molar-refractivity contribution in [2.24, 2.45) is 5.84 Å². The fraction of sp³-hybridized carbons (Fsp3) is 0.778. The quantitative estimate of drug-likeness (QED) is 0.291. The normalized spacial score (nSPS) is 23.6. The minimum atomic E-state index is -0.448. The molecule has 1 aliphatic rings. The highest BCUT2D eigenvalue weighted by atomic mass is 16.5. The predicted molar refractivity (Wildman–Crippen MR) is 57.2 cm³/mol. The molecule has 0 aromatic rings. The maximum Gasteiger partial charge on any atom is 0.250 e. The second-order valence-corrected chi connectivity index (χ2v) is 3.63. The minimum Gasteiger partial charge on any atom is -0.378 e. The summed E-state index contributed by atoms with van der Waals surface area (Å²) in [6, 6.07) is -0.887. The van der Waals surface area contributed by atoms with Crippen molar-refractivity contribution in [2.75, 3.05) is 26.8 Å². The molecule has 2 unspecified atom stereocenters. The molecule has 1 heterocycles. The zero-order chi connectivity index (χ0) is 12.1. The van der Waals surface area contributed by atoms with Gasteiger partial charge in [-0.3, -0.25) is 19.9 Å². The fourth-order valence-corrected chi connectivity index (χ4v) is 1.74. The first-order valence-electron chi connectivity index (χ1n) is 5.17. The maximum atomic E-state index is 11.6. The highest BCUT2D eigenvalue weighted by molar-refractivity contribution is 5.84. The van der Waals surface area contributed by atoms with Crippen LogP contribution in [0, 0.1) is 0 Å². The van der Waals surface area contributed by atoms with Gasteiger partial charge in [-0.15, -0.1) is 0 Å².